The molecule has 0 aliphatic heterocycles. The van der Waals surface area contributed by atoms with E-state index in [0.717, 1.165) is 19.4 Å². The van der Waals surface area contributed by atoms with E-state index >= 15 is 0 Å². The lowest BCUT2D eigenvalue weighted by Crippen LogP contribution is -2.36. The summed E-state index contributed by atoms with van der Waals surface area (Å²) in [6.07, 6.45) is 1.75. The van der Waals surface area contributed by atoms with Gasteiger partial charge in [0, 0.05) is 13.7 Å². The number of ether oxygens (including phenoxy) is 2. The van der Waals surface area contributed by atoms with E-state index in [2.05, 4.69) is 13.8 Å². The molecule has 0 aromatic rings. The normalized spacial score (nSPS) is 15.4. The predicted molar refractivity (Wildman–Crippen MR) is 78.2 cm³/mol. The zero-order valence-electron chi connectivity index (χ0n) is 13.7. The smallest absolute Gasteiger partial charge is 0.311 e. The number of hydrogen-bond donors (Lipinski definition) is 0. The van der Waals surface area contributed by atoms with Gasteiger partial charge in [0.15, 0.2) is 0 Å². The predicted octanol–water partition coefficient (Wildman–Crippen LogP) is 2.57. The first-order valence-corrected chi connectivity index (χ1v) is 6.98. The van der Waals surface area contributed by atoms with E-state index in [-0.39, 0.29) is 11.4 Å². The monoisotopic (exact) mass is 273 g/mol. The molecule has 4 heteroatoms. The van der Waals surface area contributed by atoms with Gasteiger partial charge in [-0.25, -0.2) is 0 Å². The van der Waals surface area contributed by atoms with Gasteiger partial charge >= 0.3 is 5.97 Å². The van der Waals surface area contributed by atoms with Gasteiger partial charge in [-0.15, -0.1) is 0 Å². The van der Waals surface area contributed by atoms with Gasteiger partial charge in [-0.05, 0) is 46.2 Å². The standard InChI is InChI=1S/C15H31NO3/c1-8-15(4,12-18-7)11-14(2,3)13(17)19-10-9-16(5)6/h8-12H2,1-7H3. The van der Waals surface area contributed by atoms with Crippen LogP contribution >= 0.6 is 0 Å². The summed E-state index contributed by atoms with van der Waals surface area (Å²) in [5.74, 6) is -0.120. The van der Waals surface area contributed by atoms with Crippen LogP contribution in [0.5, 0.6) is 0 Å². The van der Waals surface area contributed by atoms with Crippen molar-refractivity contribution in [2.75, 3.05) is 41.0 Å². The van der Waals surface area contributed by atoms with Crippen molar-refractivity contribution in [2.24, 2.45) is 10.8 Å². The third-order valence-electron chi connectivity index (χ3n) is 3.54. The zero-order valence-corrected chi connectivity index (χ0v) is 13.7. The first kappa shape index (κ1) is 18.4. The van der Waals surface area contributed by atoms with Crippen LogP contribution in [0.1, 0.15) is 40.5 Å². The van der Waals surface area contributed by atoms with Gasteiger partial charge in [0.2, 0.25) is 0 Å². The molecule has 0 rings (SSSR count). The molecule has 1 unspecified atom stereocenters. The van der Waals surface area contributed by atoms with E-state index in [4.69, 9.17) is 9.47 Å². The Hall–Kier alpha value is -0.610. The molecule has 4 nitrogen and oxygen atoms in total. The molecule has 0 aliphatic rings. The summed E-state index contributed by atoms with van der Waals surface area (Å²) in [5, 5.41) is 0. The largest absolute Gasteiger partial charge is 0.464 e. The van der Waals surface area contributed by atoms with Crippen LogP contribution in [-0.4, -0.2) is 51.8 Å². The molecular weight excluding hydrogens is 242 g/mol. The molecule has 0 radical (unpaired) electrons. The Labute approximate surface area is 118 Å². The van der Waals surface area contributed by atoms with Crippen LogP contribution in [0, 0.1) is 10.8 Å². The maximum absolute atomic E-state index is 12.2. The molecule has 0 heterocycles. The van der Waals surface area contributed by atoms with E-state index in [1.54, 1.807) is 7.11 Å². The fourth-order valence-electron chi connectivity index (χ4n) is 2.28. The molecule has 0 N–H and O–H groups in total. The molecule has 0 saturated heterocycles. The van der Waals surface area contributed by atoms with Crippen LogP contribution in [0.4, 0.5) is 0 Å². The molecule has 0 aromatic heterocycles. The van der Waals surface area contributed by atoms with Crippen LogP contribution in [0.2, 0.25) is 0 Å². The van der Waals surface area contributed by atoms with Crippen molar-refractivity contribution >= 4 is 5.97 Å². The van der Waals surface area contributed by atoms with Gasteiger partial charge in [-0.2, -0.15) is 0 Å². The third kappa shape index (κ3) is 6.92. The lowest BCUT2D eigenvalue weighted by Gasteiger charge is -2.35. The van der Waals surface area contributed by atoms with Crippen molar-refractivity contribution < 1.29 is 14.3 Å². The molecule has 1 atom stereocenters. The zero-order chi connectivity index (χ0) is 15.1. The van der Waals surface area contributed by atoms with E-state index in [1.807, 2.05) is 32.8 Å². The quantitative estimate of drug-likeness (QED) is 0.605. The highest BCUT2D eigenvalue weighted by atomic mass is 16.5. The Morgan fingerprint density at radius 3 is 2.21 bits per heavy atom. The average Bonchev–Trinajstić information content (AvgIpc) is 2.28. The number of hydrogen-bond acceptors (Lipinski definition) is 4. The molecule has 0 saturated carbocycles. The average molecular weight is 273 g/mol. The summed E-state index contributed by atoms with van der Waals surface area (Å²) >= 11 is 0. The highest BCUT2D eigenvalue weighted by Crippen LogP contribution is 2.37. The van der Waals surface area contributed by atoms with Crippen molar-refractivity contribution in [1.29, 1.82) is 0 Å². The Balaban J connectivity index is 4.46. The molecule has 0 aliphatic carbocycles. The van der Waals surface area contributed by atoms with Crippen LogP contribution in [0.15, 0.2) is 0 Å². The molecule has 114 valence electrons. The van der Waals surface area contributed by atoms with E-state index in [1.165, 1.54) is 0 Å². The van der Waals surface area contributed by atoms with Gasteiger partial charge < -0.3 is 14.4 Å². The number of esters is 1. The van der Waals surface area contributed by atoms with E-state index < -0.39 is 5.41 Å². The maximum atomic E-state index is 12.2. The molecule has 0 aromatic carbocycles. The topological polar surface area (TPSA) is 38.8 Å². The maximum Gasteiger partial charge on any atom is 0.311 e. The second-order valence-corrected chi connectivity index (χ2v) is 6.60. The molecule has 0 fully saturated rings. The lowest BCUT2D eigenvalue weighted by atomic mass is 9.73. The molecule has 0 bridgehead atoms. The fraction of sp³-hybridized carbons (Fsp3) is 0.933. The highest BCUT2D eigenvalue weighted by molar-refractivity contribution is 5.75. The highest BCUT2D eigenvalue weighted by Gasteiger charge is 2.37. The Kier molecular flexibility index (Phi) is 7.60. The first-order chi connectivity index (χ1) is 8.67. The summed E-state index contributed by atoms with van der Waals surface area (Å²) in [4.78, 5) is 14.2. The van der Waals surface area contributed by atoms with Gasteiger partial charge in [0.05, 0.1) is 12.0 Å². The minimum absolute atomic E-state index is 0.0127. The van der Waals surface area contributed by atoms with Gasteiger partial charge in [0.25, 0.3) is 0 Å². The summed E-state index contributed by atoms with van der Waals surface area (Å²) in [5.41, 5.74) is -0.464. The fourth-order valence-corrected chi connectivity index (χ4v) is 2.28. The van der Waals surface area contributed by atoms with E-state index in [0.29, 0.717) is 13.2 Å². The Bertz CT molecular complexity index is 277. The van der Waals surface area contributed by atoms with Crippen molar-refractivity contribution in [3.05, 3.63) is 0 Å². The number of rotatable bonds is 9. The number of likely N-dealkylation sites (N-methyl/N-ethyl adjacent to an activating group) is 1. The first-order valence-electron chi connectivity index (χ1n) is 6.98. The molecular formula is C15H31NO3. The van der Waals surface area contributed by atoms with Crippen molar-refractivity contribution in [2.45, 2.75) is 40.5 Å². The van der Waals surface area contributed by atoms with Crippen LogP contribution in [0.3, 0.4) is 0 Å². The minimum atomic E-state index is -0.477. The van der Waals surface area contributed by atoms with Crippen molar-refractivity contribution in [3.63, 3.8) is 0 Å². The number of carbonyl (C=O) groups excluding carboxylic acids is 1. The second-order valence-electron chi connectivity index (χ2n) is 6.60. The molecule has 0 spiro atoms. The van der Waals surface area contributed by atoms with Crippen molar-refractivity contribution in [3.8, 4) is 0 Å². The summed E-state index contributed by atoms with van der Waals surface area (Å²) in [6, 6.07) is 0. The summed E-state index contributed by atoms with van der Waals surface area (Å²) < 4.78 is 10.6. The van der Waals surface area contributed by atoms with Crippen molar-refractivity contribution in [1.82, 2.24) is 4.90 Å². The molecule has 0 amide bonds. The summed E-state index contributed by atoms with van der Waals surface area (Å²) in [7, 11) is 5.63. The van der Waals surface area contributed by atoms with Gasteiger partial charge in [-0.3, -0.25) is 4.79 Å². The number of nitrogens with zero attached hydrogens (tertiary/aromatic N) is 1. The van der Waals surface area contributed by atoms with Crippen LogP contribution in [0.25, 0.3) is 0 Å². The molecule has 19 heavy (non-hydrogen) atoms. The summed E-state index contributed by atoms with van der Waals surface area (Å²) in [6.45, 7) is 10.1. The number of methoxy groups -OCH3 is 1. The van der Waals surface area contributed by atoms with E-state index in [9.17, 15) is 4.79 Å². The Morgan fingerprint density at radius 1 is 1.21 bits per heavy atom. The number of carbonyl (C=O) groups is 1. The van der Waals surface area contributed by atoms with Crippen LogP contribution in [-0.2, 0) is 14.3 Å². The van der Waals surface area contributed by atoms with Gasteiger partial charge in [0.1, 0.15) is 6.61 Å². The van der Waals surface area contributed by atoms with Gasteiger partial charge in [-0.1, -0.05) is 13.8 Å². The SMILES string of the molecule is CCC(C)(COC)CC(C)(C)C(=O)OCCN(C)C. The van der Waals surface area contributed by atoms with Crippen LogP contribution < -0.4 is 0 Å². The second kappa shape index (κ2) is 7.85. The lowest BCUT2D eigenvalue weighted by molar-refractivity contribution is -0.156. The third-order valence-corrected chi connectivity index (χ3v) is 3.54. The minimum Gasteiger partial charge on any atom is -0.464 e. The Morgan fingerprint density at radius 2 is 1.79 bits per heavy atom.